The van der Waals surface area contributed by atoms with Crippen molar-refractivity contribution < 1.29 is 23.0 Å². The van der Waals surface area contributed by atoms with Crippen molar-refractivity contribution in [2.24, 2.45) is 0 Å². The van der Waals surface area contributed by atoms with Crippen LogP contribution < -0.4 is 9.47 Å². The molecule has 4 rings (SSSR count). The molecule has 0 unspecified atom stereocenters. The molecule has 3 aromatic rings. The number of alkyl halides is 2. The lowest BCUT2D eigenvalue weighted by Crippen LogP contribution is -2.33. The highest BCUT2D eigenvalue weighted by Gasteiger charge is 2.32. The number of benzene rings is 3. The van der Waals surface area contributed by atoms with Crippen molar-refractivity contribution >= 4 is 5.91 Å². The van der Waals surface area contributed by atoms with Gasteiger partial charge in [-0.2, -0.15) is 8.78 Å². The average molecular weight is 437 g/mol. The normalized spacial score (nSPS) is 13.1. The maximum Gasteiger partial charge on any atom is 0.387 e. The van der Waals surface area contributed by atoms with Crippen LogP contribution in [-0.4, -0.2) is 30.6 Å². The van der Waals surface area contributed by atoms with Crippen LogP contribution >= 0.6 is 0 Å². The number of carbonyl (C=O) groups excluding carboxylic acids is 1. The SMILES string of the molecule is COc1cc(CN(C(=O)Cc2ccc(-c3ccccc3)cc2)C2CC2)ccc1OC(F)F. The summed E-state index contributed by atoms with van der Waals surface area (Å²) in [5, 5.41) is 0. The predicted molar refractivity (Wildman–Crippen MR) is 119 cm³/mol. The Morgan fingerprint density at radius 3 is 2.22 bits per heavy atom. The first-order valence-electron chi connectivity index (χ1n) is 10.6. The molecule has 0 saturated heterocycles. The minimum Gasteiger partial charge on any atom is -0.493 e. The molecular formula is C26H25F2NO3. The van der Waals surface area contributed by atoms with Crippen molar-refractivity contribution in [1.29, 1.82) is 0 Å². The van der Waals surface area contributed by atoms with Gasteiger partial charge in [-0.3, -0.25) is 4.79 Å². The Bertz CT molecular complexity index is 1050. The van der Waals surface area contributed by atoms with Crippen molar-refractivity contribution in [3.8, 4) is 22.6 Å². The fourth-order valence-corrected chi connectivity index (χ4v) is 3.73. The maximum absolute atomic E-state index is 13.1. The Balaban J connectivity index is 1.44. The van der Waals surface area contributed by atoms with E-state index in [1.165, 1.54) is 13.2 Å². The van der Waals surface area contributed by atoms with Crippen molar-refractivity contribution in [3.05, 3.63) is 83.9 Å². The van der Waals surface area contributed by atoms with Gasteiger partial charge in [0.2, 0.25) is 5.91 Å². The van der Waals surface area contributed by atoms with Gasteiger partial charge in [-0.25, -0.2) is 0 Å². The minimum absolute atomic E-state index is 0.0194. The maximum atomic E-state index is 13.1. The minimum atomic E-state index is -2.92. The molecule has 1 amide bonds. The molecule has 0 spiro atoms. The summed E-state index contributed by atoms with van der Waals surface area (Å²) in [6, 6.07) is 23.2. The number of amides is 1. The van der Waals surface area contributed by atoms with E-state index in [9.17, 15) is 13.6 Å². The van der Waals surface area contributed by atoms with Crippen LogP contribution in [0.15, 0.2) is 72.8 Å². The molecule has 0 radical (unpaired) electrons. The number of hydrogen-bond donors (Lipinski definition) is 0. The van der Waals surface area contributed by atoms with Crippen LogP contribution in [0.1, 0.15) is 24.0 Å². The van der Waals surface area contributed by atoms with E-state index in [1.54, 1.807) is 12.1 Å². The second-order valence-electron chi connectivity index (χ2n) is 7.86. The molecule has 6 heteroatoms. The van der Waals surface area contributed by atoms with Crippen LogP contribution in [0.5, 0.6) is 11.5 Å². The molecule has 166 valence electrons. The topological polar surface area (TPSA) is 38.8 Å². The lowest BCUT2D eigenvalue weighted by atomic mass is 10.0. The Labute approximate surface area is 186 Å². The fourth-order valence-electron chi connectivity index (χ4n) is 3.73. The summed E-state index contributed by atoms with van der Waals surface area (Å²) >= 11 is 0. The molecule has 0 atom stereocenters. The number of halogens is 2. The van der Waals surface area contributed by atoms with Crippen molar-refractivity contribution in [2.75, 3.05) is 7.11 Å². The summed E-state index contributed by atoms with van der Waals surface area (Å²) in [6.07, 6.45) is 2.26. The van der Waals surface area contributed by atoms with Crippen LogP contribution in [0.3, 0.4) is 0 Å². The van der Waals surface area contributed by atoms with Gasteiger partial charge in [0.25, 0.3) is 0 Å². The molecular weight excluding hydrogens is 412 g/mol. The largest absolute Gasteiger partial charge is 0.493 e. The average Bonchev–Trinajstić information content (AvgIpc) is 3.64. The third kappa shape index (κ3) is 5.44. The highest BCUT2D eigenvalue weighted by molar-refractivity contribution is 5.79. The summed E-state index contributed by atoms with van der Waals surface area (Å²) in [4.78, 5) is 15.0. The molecule has 0 N–H and O–H groups in total. The Morgan fingerprint density at radius 1 is 0.938 bits per heavy atom. The van der Waals surface area contributed by atoms with Gasteiger partial charge in [-0.15, -0.1) is 0 Å². The molecule has 0 aliphatic heterocycles. The van der Waals surface area contributed by atoms with Gasteiger partial charge in [0.15, 0.2) is 11.5 Å². The quantitative estimate of drug-likeness (QED) is 0.431. The van der Waals surface area contributed by atoms with Crippen LogP contribution in [-0.2, 0) is 17.8 Å². The summed E-state index contributed by atoms with van der Waals surface area (Å²) in [5.41, 5.74) is 4.01. The zero-order valence-electron chi connectivity index (χ0n) is 17.8. The van der Waals surface area contributed by atoms with Gasteiger partial charge in [-0.05, 0) is 47.2 Å². The zero-order chi connectivity index (χ0) is 22.5. The highest BCUT2D eigenvalue weighted by Crippen LogP contribution is 2.33. The first-order valence-corrected chi connectivity index (χ1v) is 10.6. The summed E-state index contributed by atoms with van der Waals surface area (Å²) < 4.78 is 34.8. The lowest BCUT2D eigenvalue weighted by Gasteiger charge is -2.23. The van der Waals surface area contributed by atoms with E-state index in [0.29, 0.717) is 13.0 Å². The molecule has 0 bridgehead atoms. The Morgan fingerprint density at radius 2 is 1.59 bits per heavy atom. The number of hydrogen-bond acceptors (Lipinski definition) is 3. The number of rotatable bonds is 9. The third-order valence-electron chi connectivity index (χ3n) is 5.52. The zero-order valence-corrected chi connectivity index (χ0v) is 17.8. The lowest BCUT2D eigenvalue weighted by molar-refractivity contribution is -0.131. The number of methoxy groups -OCH3 is 1. The molecule has 0 aromatic heterocycles. The predicted octanol–water partition coefficient (Wildman–Crippen LogP) is 5.70. The smallest absolute Gasteiger partial charge is 0.387 e. The molecule has 1 aliphatic carbocycles. The van der Waals surface area contributed by atoms with Crippen LogP contribution in [0.2, 0.25) is 0 Å². The highest BCUT2D eigenvalue weighted by atomic mass is 19.3. The van der Waals surface area contributed by atoms with Gasteiger partial charge in [0.05, 0.1) is 13.5 Å². The third-order valence-corrected chi connectivity index (χ3v) is 5.52. The molecule has 4 nitrogen and oxygen atoms in total. The van der Waals surface area contributed by atoms with E-state index in [2.05, 4.69) is 16.9 Å². The Hall–Kier alpha value is -3.41. The van der Waals surface area contributed by atoms with E-state index in [0.717, 1.165) is 35.1 Å². The first kappa shape index (κ1) is 21.8. The van der Waals surface area contributed by atoms with E-state index in [-0.39, 0.29) is 23.4 Å². The number of ether oxygens (including phenoxy) is 2. The van der Waals surface area contributed by atoms with Gasteiger partial charge in [0.1, 0.15) is 0 Å². The van der Waals surface area contributed by atoms with Gasteiger partial charge in [-0.1, -0.05) is 60.7 Å². The van der Waals surface area contributed by atoms with Crippen molar-refractivity contribution in [1.82, 2.24) is 4.90 Å². The second kappa shape index (κ2) is 9.81. The van der Waals surface area contributed by atoms with Gasteiger partial charge >= 0.3 is 6.61 Å². The molecule has 1 fully saturated rings. The van der Waals surface area contributed by atoms with E-state index >= 15 is 0 Å². The van der Waals surface area contributed by atoms with Gasteiger partial charge in [0, 0.05) is 12.6 Å². The van der Waals surface area contributed by atoms with Crippen LogP contribution in [0, 0.1) is 0 Å². The van der Waals surface area contributed by atoms with E-state index in [4.69, 9.17) is 4.74 Å². The molecule has 3 aromatic carbocycles. The fraction of sp³-hybridized carbons (Fsp3) is 0.269. The first-order chi connectivity index (χ1) is 15.5. The molecule has 1 saturated carbocycles. The van der Waals surface area contributed by atoms with E-state index in [1.807, 2.05) is 47.4 Å². The van der Waals surface area contributed by atoms with Crippen molar-refractivity contribution in [2.45, 2.75) is 38.5 Å². The van der Waals surface area contributed by atoms with Gasteiger partial charge < -0.3 is 14.4 Å². The summed E-state index contributed by atoms with van der Waals surface area (Å²) in [6.45, 7) is -2.52. The van der Waals surface area contributed by atoms with Crippen LogP contribution in [0.4, 0.5) is 8.78 Å². The van der Waals surface area contributed by atoms with E-state index < -0.39 is 6.61 Å². The summed E-state index contributed by atoms with van der Waals surface area (Å²) in [7, 11) is 1.40. The molecule has 0 heterocycles. The standard InChI is InChI=1S/C26H25F2NO3/c1-31-24-15-19(9-14-23(24)32-26(27)28)17-29(22-12-13-22)25(30)16-18-7-10-21(11-8-18)20-5-3-2-4-6-20/h2-11,14-15,22,26H,12-13,16-17H2,1H3. The number of carbonyl (C=O) groups is 1. The number of nitrogens with zero attached hydrogens (tertiary/aromatic N) is 1. The van der Waals surface area contributed by atoms with Crippen LogP contribution in [0.25, 0.3) is 11.1 Å². The second-order valence-corrected chi connectivity index (χ2v) is 7.86. The summed E-state index contributed by atoms with van der Waals surface area (Å²) in [5.74, 6) is 0.253. The van der Waals surface area contributed by atoms with Crippen molar-refractivity contribution in [3.63, 3.8) is 0 Å². The Kier molecular flexibility index (Phi) is 6.69. The molecule has 32 heavy (non-hydrogen) atoms. The molecule has 1 aliphatic rings. The monoisotopic (exact) mass is 437 g/mol.